The maximum Gasteiger partial charge on any atom is 0.190 e. The zero-order valence-corrected chi connectivity index (χ0v) is 4.67. The van der Waals surface area contributed by atoms with Crippen LogP contribution in [-0.4, -0.2) is 18.4 Å². The van der Waals surface area contributed by atoms with Crippen molar-refractivity contribution < 1.29 is 0 Å². The predicted molar refractivity (Wildman–Crippen MR) is 28.7 cm³/mol. The summed E-state index contributed by atoms with van der Waals surface area (Å²) in [6.07, 6.45) is 3.31. The van der Waals surface area contributed by atoms with E-state index in [1.54, 1.807) is 16.3 Å². The van der Waals surface area contributed by atoms with Crippen molar-refractivity contribution in [1.29, 1.82) is 0 Å². The predicted octanol–water partition coefficient (Wildman–Crippen LogP) is 0.186. The third kappa shape index (κ3) is 0.362. The molecular formula is C3H2N4S. The average molecular weight is 126 g/mol. The van der Waals surface area contributed by atoms with Crippen molar-refractivity contribution in [2.45, 2.75) is 0 Å². The molecule has 2 heterocycles. The third-order valence-electron chi connectivity index (χ3n) is 0.846. The van der Waals surface area contributed by atoms with E-state index in [2.05, 4.69) is 14.6 Å². The van der Waals surface area contributed by atoms with Crippen LogP contribution in [-0.2, 0) is 0 Å². The summed E-state index contributed by atoms with van der Waals surface area (Å²) in [5.41, 5.74) is 0.815. The van der Waals surface area contributed by atoms with E-state index in [9.17, 15) is 0 Å². The van der Waals surface area contributed by atoms with Gasteiger partial charge in [-0.05, 0) is 0 Å². The van der Waals surface area contributed by atoms with E-state index in [4.69, 9.17) is 0 Å². The lowest BCUT2D eigenvalue weighted by Gasteiger charge is -1.65. The molecule has 0 aromatic carbocycles. The number of fused-ring (bicyclic) bond motifs is 1. The summed E-state index contributed by atoms with van der Waals surface area (Å²) in [6, 6.07) is 0. The van der Waals surface area contributed by atoms with Gasteiger partial charge < -0.3 is 0 Å². The van der Waals surface area contributed by atoms with Crippen LogP contribution in [0.5, 0.6) is 0 Å². The fraction of sp³-hybridized carbons (Fsp3) is 0. The average Bonchev–Trinajstić information content (AvgIpc) is 2.15. The Morgan fingerprint density at radius 3 is 3.50 bits per heavy atom. The Morgan fingerprint density at radius 1 is 1.62 bits per heavy atom. The molecule has 0 saturated heterocycles. The summed E-state index contributed by atoms with van der Waals surface area (Å²) in [7, 11) is 0. The van der Waals surface area contributed by atoms with E-state index < -0.39 is 0 Å². The van der Waals surface area contributed by atoms with Crippen molar-refractivity contribution in [2.75, 3.05) is 0 Å². The van der Waals surface area contributed by atoms with Crippen LogP contribution in [0.15, 0.2) is 12.5 Å². The van der Waals surface area contributed by atoms with Gasteiger partial charge in [0.05, 0.1) is 17.9 Å². The number of hydrogen-bond donors (Lipinski definition) is 0. The molecule has 8 heavy (non-hydrogen) atoms. The topological polar surface area (TPSA) is 43.1 Å². The Labute approximate surface area is 49.1 Å². The van der Waals surface area contributed by atoms with E-state index >= 15 is 0 Å². The van der Waals surface area contributed by atoms with Crippen molar-refractivity contribution in [3.8, 4) is 0 Å². The zero-order valence-electron chi connectivity index (χ0n) is 3.85. The van der Waals surface area contributed by atoms with Gasteiger partial charge in [0.25, 0.3) is 0 Å². The van der Waals surface area contributed by atoms with Crippen LogP contribution < -0.4 is 0 Å². The lowest BCUT2D eigenvalue weighted by atomic mass is 10.8. The molecule has 40 valence electrons. The Bertz CT molecular complexity index is 233. The van der Waals surface area contributed by atoms with Gasteiger partial charge in [-0.3, -0.25) is 0 Å². The molecule has 4 nitrogen and oxygen atoms in total. The molecule has 0 fully saturated rings. The normalized spacial score (nSPS) is 10.5. The van der Waals surface area contributed by atoms with E-state index in [1.807, 2.05) is 0 Å². The first-order valence-electron chi connectivity index (χ1n) is 2.08. The molecule has 0 saturated carbocycles. The fourth-order valence-electron chi connectivity index (χ4n) is 0.502. The Morgan fingerprint density at radius 2 is 2.62 bits per heavy atom. The second-order valence-corrected chi connectivity index (χ2v) is 2.10. The summed E-state index contributed by atoms with van der Waals surface area (Å²) in [5.74, 6) is 0. The highest BCUT2D eigenvalue weighted by Crippen LogP contribution is 1.97. The molecule has 0 unspecified atom stereocenters. The van der Waals surface area contributed by atoms with Gasteiger partial charge in [0.15, 0.2) is 5.65 Å². The quantitative estimate of drug-likeness (QED) is 0.506. The van der Waals surface area contributed by atoms with Crippen LogP contribution in [0.25, 0.3) is 5.65 Å². The van der Waals surface area contributed by atoms with Crippen LogP contribution in [0.2, 0.25) is 0 Å². The Kier molecular flexibility index (Phi) is 0.621. The van der Waals surface area contributed by atoms with Crippen LogP contribution >= 0.6 is 11.7 Å². The van der Waals surface area contributed by atoms with Crippen molar-refractivity contribution in [3.05, 3.63) is 12.5 Å². The molecule has 2 rings (SSSR count). The van der Waals surface area contributed by atoms with Crippen LogP contribution in [0, 0.1) is 0 Å². The molecule has 2 aromatic heterocycles. The molecule has 0 atom stereocenters. The highest BCUT2D eigenvalue weighted by Gasteiger charge is 1.91. The maximum absolute atomic E-state index is 3.86. The molecule has 0 radical (unpaired) electrons. The van der Waals surface area contributed by atoms with E-state index in [1.165, 1.54) is 11.7 Å². The van der Waals surface area contributed by atoms with Gasteiger partial charge >= 0.3 is 0 Å². The van der Waals surface area contributed by atoms with Crippen molar-refractivity contribution in [1.82, 2.24) is 18.4 Å². The molecule has 0 aliphatic heterocycles. The van der Waals surface area contributed by atoms with Gasteiger partial charge in [0.2, 0.25) is 0 Å². The smallest absolute Gasteiger partial charge is 0.190 e. The van der Waals surface area contributed by atoms with Gasteiger partial charge in [0.1, 0.15) is 6.33 Å². The highest BCUT2D eigenvalue weighted by atomic mass is 32.1. The SMILES string of the molecule is c1nsn2cnnc12. The molecule has 0 bridgehead atoms. The summed E-state index contributed by atoms with van der Waals surface area (Å²) in [6.45, 7) is 0. The van der Waals surface area contributed by atoms with Gasteiger partial charge in [0, 0.05) is 0 Å². The molecular weight excluding hydrogens is 124 g/mol. The third-order valence-corrected chi connectivity index (χ3v) is 1.50. The van der Waals surface area contributed by atoms with Gasteiger partial charge in [-0.1, -0.05) is 0 Å². The van der Waals surface area contributed by atoms with Gasteiger partial charge in [-0.25, -0.2) is 3.79 Å². The highest BCUT2D eigenvalue weighted by molar-refractivity contribution is 7.00. The maximum atomic E-state index is 3.86. The molecule has 0 spiro atoms. The van der Waals surface area contributed by atoms with Crippen LogP contribution in [0.3, 0.4) is 0 Å². The second-order valence-electron chi connectivity index (χ2n) is 1.33. The van der Waals surface area contributed by atoms with Crippen molar-refractivity contribution in [3.63, 3.8) is 0 Å². The minimum Gasteiger partial charge on any atom is -0.218 e. The summed E-state index contributed by atoms with van der Waals surface area (Å²) in [5, 5.41) is 7.38. The number of aromatic nitrogens is 4. The zero-order chi connectivity index (χ0) is 5.40. The molecule has 5 heteroatoms. The first kappa shape index (κ1) is 3.96. The van der Waals surface area contributed by atoms with Gasteiger partial charge in [-0.15, -0.1) is 10.2 Å². The minimum atomic E-state index is 0.815. The molecule has 2 aromatic rings. The Balaban J connectivity index is 3.06. The number of rotatable bonds is 0. The van der Waals surface area contributed by atoms with Gasteiger partial charge in [-0.2, -0.15) is 4.37 Å². The first-order valence-corrected chi connectivity index (χ1v) is 2.81. The Hall–Kier alpha value is -0.970. The van der Waals surface area contributed by atoms with Crippen molar-refractivity contribution >= 4 is 17.4 Å². The summed E-state index contributed by atoms with van der Waals surface area (Å²) < 4.78 is 5.66. The monoisotopic (exact) mass is 126 g/mol. The second kappa shape index (κ2) is 1.25. The van der Waals surface area contributed by atoms with Crippen LogP contribution in [0.1, 0.15) is 0 Å². The fourth-order valence-corrected chi connectivity index (χ4v) is 0.997. The molecule has 0 aliphatic carbocycles. The minimum absolute atomic E-state index is 0.815. The summed E-state index contributed by atoms with van der Waals surface area (Å²) >= 11 is 1.34. The summed E-state index contributed by atoms with van der Waals surface area (Å²) in [4.78, 5) is 0. The van der Waals surface area contributed by atoms with E-state index in [-0.39, 0.29) is 0 Å². The lowest BCUT2D eigenvalue weighted by molar-refractivity contribution is 1.11. The largest absolute Gasteiger partial charge is 0.218 e. The number of nitrogens with zero attached hydrogens (tertiary/aromatic N) is 4. The van der Waals surface area contributed by atoms with Crippen molar-refractivity contribution in [2.24, 2.45) is 0 Å². The van der Waals surface area contributed by atoms with E-state index in [0.717, 1.165) is 5.65 Å². The lowest BCUT2D eigenvalue weighted by Crippen LogP contribution is -1.63. The molecule has 0 N–H and O–H groups in total. The molecule has 0 aliphatic rings. The number of hydrogen-bond acceptors (Lipinski definition) is 4. The molecule has 0 amide bonds. The van der Waals surface area contributed by atoms with E-state index in [0.29, 0.717) is 0 Å². The first-order chi connectivity index (χ1) is 3.97. The van der Waals surface area contributed by atoms with Crippen LogP contribution in [0.4, 0.5) is 0 Å². The standard InChI is InChI=1S/C3H2N4S/c1-3-6-4-2-7(3)8-5-1/h1-2H.